The Morgan fingerprint density at radius 2 is 1.83 bits per heavy atom. The van der Waals surface area contributed by atoms with Crippen molar-refractivity contribution in [1.82, 2.24) is 5.32 Å². The molecule has 0 radical (unpaired) electrons. The molecule has 1 fully saturated rings. The van der Waals surface area contributed by atoms with Crippen LogP contribution in [0.25, 0.3) is 0 Å². The number of carboxylic acids is 1. The molecule has 0 aromatic heterocycles. The van der Waals surface area contributed by atoms with Crippen molar-refractivity contribution in [3.8, 4) is 0 Å². The lowest BCUT2D eigenvalue weighted by atomic mass is 9.79. The zero-order valence-electron chi connectivity index (χ0n) is 9.79. The number of carboxylic acid groups (broad SMARTS) is 1. The maximum absolute atomic E-state index is 11.9. The van der Waals surface area contributed by atoms with Gasteiger partial charge < -0.3 is 10.4 Å². The average molecular weight is 267 g/mol. The van der Waals surface area contributed by atoms with E-state index < -0.39 is 30.4 Å². The molecule has 0 aromatic rings. The Labute approximate surface area is 103 Å². The first kappa shape index (κ1) is 14.8. The van der Waals surface area contributed by atoms with Gasteiger partial charge in [0.05, 0.1) is 5.92 Å². The highest BCUT2D eigenvalue weighted by Gasteiger charge is 2.33. The third kappa shape index (κ3) is 4.93. The molecule has 2 N–H and O–H groups in total. The molecule has 2 unspecified atom stereocenters. The SMILES string of the molecule is O=C(CC(F)(F)F)NCC1CCCCC1C(=O)O. The molecule has 1 aliphatic rings. The normalized spacial score (nSPS) is 24.6. The van der Waals surface area contributed by atoms with E-state index in [1.54, 1.807) is 0 Å². The highest BCUT2D eigenvalue weighted by molar-refractivity contribution is 5.76. The molecule has 1 aliphatic carbocycles. The number of alkyl halides is 3. The summed E-state index contributed by atoms with van der Waals surface area (Å²) in [4.78, 5) is 21.9. The molecule has 0 bridgehead atoms. The summed E-state index contributed by atoms with van der Waals surface area (Å²) in [6.45, 7) is 0.00583. The van der Waals surface area contributed by atoms with Gasteiger partial charge in [-0.15, -0.1) is 0 Å². The van der Waals surface area contributed by atoms with Crippen molar-refractivity contribution >= 4 is 11.9 Å². The highest BCUT2D eigenvalue weighted by atomic mass is 19.4. The topological polar surface area (TPSA) is 66.4 Å². The Kier molecular flexibility index (Phi) is 4.98. The van der Waals surface area contributed by atoms with Gasteiger partial charge in [0, 0.05) is 6.54 Å². The molecule has 1 amide bonds. The van der Waals surface area contributed by atoms with E-state index in [1.807, 2.05) is 0 Å². The lowest BCUT2D eigenvalue weighted by molar-refractivity contribution is -0.154. The number of nitrogens with one attached hydrogen (secondary N) is 1. The molecule has 1 saturated carbocycles. The zero-order chi connectivity index (χ0) is 13.8. The third-order valence-electron chi connectivity index (χ3n) is 3.15. The fraction of sp³-hybridized carbons (Fsp3) is 0.818. The summed E-state index contributed by atoms with van der Waals surface area (Å²) in [5.74, 6) is -2.87. The van der Waals surface area contributed by atoms with Crippen LogP contribution < -0.4 is 5.32 Å². The van der Waals surface area contributed by atoms with E-state index in [1.165, 1.54) is 0 Å². The van der Waals surface area contributed by atoms with Crippen LogP contribution in [0.2, 0.25) is 0 Å². The fourth-order valence-electron chi connectivity index (χ4n) is 2.27. The second-order valence-corrected chi connectivity index (χ2v) is 4.59. The van der Waals surface area contributed by atoms with Crippen LogP contribution in [-0.4, -0.2) is 29.7 Å². The Hall–Kier alpha value is -1.27. The minimum atomic E-state index is -4.52. The van der Waals surface area contributed by atoms with Crippen molar-refractivity contribution in [3.63, 3.8) is 0 Å². The summed E-state index contributed by atoms with van der Waals surface area (Å²) in [7, 11) is 0. The Morgan fingerprint density at radius 3 is 2.39 bits per heavy atom. The van der Waals surface area contributed by atoms with Crippen LogP contribution in [0, 0.1) is 11.8 Å². The van der Waals surface area contributed by atoms with Crippen LogP contribution in [-0.2, 0) is 9.59 Å². The van der Waals surface area contributed by atoms with Crippen molar-refractivity contribution in [2.24, 2.45) is 11.8 Å². The molecule has 18 heavy (non-hydrogen) atoms. The van der Waals surface area contributed by atoms with Crippen LogP contribution in [0.3, 0.4) is 0 Å². The van der Waals surface area contributed by atoms with E-state index >= 15 is 0 Å². The smallest absolute Gasteiger partial charge is 0.397 e. The summed E-state index contributed by atoms with van der Waals surface area (Å²) in [6, 6.07) is 0. The Bertz CT molecular complexity index is 317. The number of carbonyl (C=O) groups is 2. The van der Waals surface area contributed by atoms with Crippen LogP contribution in [0.15, 0.2) is 0 Å². The largest absolute Gasteiger partial charge is 0.481 e. The minimum absolute atomic E-state index is 0.00583. The van der Waals surface area contributed by atoms with E-state index in [0.29, 0.717) is 12.8 Å². The van der Waals surface area contributed by atoms with Gasteiger partial charge in [-0.3, -0.25) is 9.59 Å². The van der Waals surface area contributed by atoms with E-state index in [4.69, 9.17) is 5.11 Å². The van der Waals surface area contributed by atoms with E-state index in [-0.39, 0.29) is 12.5 Å². The van der Waals surface area contributed by atoms with Crippen LogP contribution >= 0.6 is 0 Å². The summed E-state index contributed by atoms with van der Waals surface area (Å²) in [5.41, 5.74) is 0. The van der Waals surface area contributed by atoms with Gasteiger partial charge in [0.15, 0.2) is 0 Å². The predicted molar refractivity (Wildman–Crippen MR) is 56.8 cm³/mol. The summed E-state index contributed by atoms with van der Waals surface area (Å²) < 4.78 is 35.8. The molecule has 104 valence electrons. The zero-order valence-corrected chi connectivity index (χ0v) is 9.79. The molecule has 0 saturated heterocycles. The predicted octanol–water partition coefficient (Wildman–Crippen LogP) is 1.95. The quantitative estimate of drug-likeness (QED) is 0.818. The summed E-state index contributed by atoms with van der Waals surface area (Å²) in [6.07, 6.45) is -3.23. The van der Waals surface area contributed by atoms with Gasteiger partial charge in [-0.05, 0) is 18.8 Å². The monoisotopic (exact) mass is 267 g/mol. The third-order valence-corrected chi connectivity index (χ3v) is 3.15. The Morgan fingerprint density at radius 1 is 1.22 bits per heavy atom. The van der Waals surface area contributed by atoms with E-state index in [0.717, 1.165) is 12.8 Å². The molecule has 7 heteroatoms. The van der Waals surface area contributed by atoms with Gasteiger partial charge in [0.25, 0.3) is 0 Å². The number of halogens is 3. The molecule has 0 spiro atoms. The molecular weight excluding hydrogens is 251 g/mol. The van der Waals surface area contributed by atoms with Crippen molar-refractivity contribution in [1.29, 1.82) is 0 Å². The minimum Gasteiger partial charge on any atom is -0.481 e. The van der Waals surface area contributed by atoms with Gasteiger partial charge in [-0.1, -0.05) is 12.8 Å². The van der Waals surface area contributed by atoms with Crippen molar-refractivity contribution < 1.29 is 27.9 Å². The second-order valence-electron chi connectivity index (χ2n) is 4.59. The van der Waals surface area contributed by atoms with Crippen LogP contribution in [0.5, 0.6) is 0 Å². The van der Waals surface area contributed by atoms with E-state index in [9.17, 15) is 22.8 Å². The highest BCUT2D eigenvalue weighted by Crippen LogP contribution is 2.29. The molecule has 2 atom stereocenters. The average Bonchev–Trinajstić information content (AvgIpc) is 2.24. The maximum Gasteiger partial charge on any atom is 0.397 e. The van der Waals surface area contributed by atoms with Crippen molar-refractivity contribution in [2.45, 2.75) is 38.3 Å². The number of hydrogen-bond acceptors (Lipinski definition) is 2. The lowest BCUT2D eigenvalue weighted by Gasteiger charge is -2.28. The standard InChI is InChI=1S/C11H16F3NO3/c12-11(13,14)5-9(16)15-6-7-3-1-2-4-8(7)10(17)18/h7-8H,1-6H2,(H,15,16)(H,17,18). The first-order valence-electron chi connectivity index (χ1n) is 5.86. The molecule has 1 rings (SSSR count). The number of aliphatic carboxylic acids is 1. The molecule has 0 heterocycles. The van der Waals surface area contributed by atoms with E-state index in [2.05, 4.69) is 5.32 Å². The van der Waals surface area contributed by atoms with Crippen molar-refractivity contribution in [2.75, 3.05) is 6.54 Å². The lowest BCUT2D eigenvalue weighted by Crippen LogP contribution is -2.38. The van der Waals surface area contributed by atoms with Crippen LogP contribution in [0.1, 0.15) is 32.1 Å². The fourth-order valence-corrected chi connectivity index (χ4v) is 2.27. The van der Waals surface area contributed by atoms with Gasteiger partial charge in [-0.25, -0.2) is 0 Å². The second kappa shape index (κ2) is 6.06. The van der Waals surface area contributed by atoms with Gasteiger partial charge >= 0.3 is 12.1 Å². The summed E-state index contributed by atoms with van der Waals surface area (Å²) >= 11 is 0. The first-order chi connectivity index (χ1) is 8.29. The van der Waals surface area contributed by atoms with Gasteiger partial charge in [0.2, 0.25) is 5.91 Å². The molecule has 0 aliphatic heterocycles. The maximum atomic E-state index is 11.9. The molecular formula is C11H16F3NO3. The number of amides is 1. The van der Waals surface area contributed by atoms with Gasteiger partial charge in [-0.2, -0.15) is 13.2 Å². The molecule has 4 nitrogen and oxygen atoms in total. The Balaban J connectivity index is 2.41. The van der Waals surface area contributed by atoms with Crippen LogP contribution in [0.4, 0.5) is 13.2 Å². The first-order valence-corrected chi connectivity index (χ1v) is 5.86. The van der Waals surface area contributed by atoms with Crippen molar-refractivity contribution in [3.05, 3.63) is 0 Å². The number of rotatable bonds is 4. The summed E-state index contributed by atoms with van der Waals surface area (Å²) in [5, 5.41) is 11.1. The van der Waals surface area contributed by atoms with Gasteiger partial charge in [0.1, 0.15) is 6.42 Å². The number of hydrogen-bond donors (Lipinski definition) is 2. The number of carbonyl (C=O) groups excluding carboxylic acids is 1. The molecule has 0 aromatic carbocycles.